The summed E-state index contributed by atoms with van der Waals surface area (Å²) in [7, 11) is 3.79. The second-order valence-corrected chi connectivity index (χ2v) is 6.76. The van der Waals surface area contributed by atoms with Crippen LogP contribution in [0.2, 0.25) is 0 Å². The summed E-state index contributed by atoms with van der Waals surface area (Å²) >= 11 is 0. The Kier molecular flexibility index (Phi) is 4.44. The van der Waals surface area contributed by atoms with Gasteiger partial charge >= 0.3 is 5.97 Å². The zero-order valence-corrected chi connectivity index (χ0v) is 12.6. The molecule has 0 aromatic rings. The quantitative estimate of drug-likeness (QED) is 0.761. The minimum atomic E-state index is -0.783. The Morgan fingerprint density at radius 3 is 2.22 bits per heavy atom. The van der Waals surface area contributed by atoms with Gasteiger partial charge in [0.05, 0.1) is 0 Å². The predicted octanol–water partition coefficient (Wildman–Crippen LogP) is 1.81. The highest BCUT2D eigenvalue weighted by Crippen LogP contribution is 2.40. The van der Waals surface area contributed by atoms with Gasteiger partial charge in [0.1, 0.15) is 5.54 Å². The molecule has 0 spiro atoms. The van der Waals surface area contributed by atoms with Crippen molar-refractivity contribution >= 4 is 5.97 Å². The van der Waals surface area contributed by atoms with E-state index in [-0.39, 0.29) is 11.3 Å². The number of carboxylic acids is 1. The minimum Gasteiger partial charge on any atom is -0.480 e. The summed E-state index contributed by atoms with van der Waals surface area (Å²) in [4.78, 5) is 13.8. The van der Waals surface area contributed by atoms with Gasteiger partial charge in [0.15, 0.2) is 0 Å². The SMILES string of the molecule is CNC(CN(C)C(C)C(C)(C)C)(C(=O)O)C1CC1. The lowest BCUT2D eigenvalue weighted by atomic mass is 9.85. The lowest BCUT2D eigenvalue weighted by molar-refractivity contribution is -0.147. The largest absolute Gasteiger partial charge is 0.480 e. The first-order chi connectivity index (χ1) is 8.15. The molecule has 1 aliphatic carbocycles. The maximum atomic E-state index is 11.7. The number of nitrogens with zero attached hydrogens (tertiary/aromatic N) is 1. The van der Waals surface area contributed by atoms with Crippen LogP contribution in [-0.2, 0) is 4.79 Å². The summed E-state index contributed by atoms with van der Waals surface area (Å²) in [6, 6.07) is 0.336. The van der Waals surface area contributed by atoms with Crippen LogP contribution in [0.3, 0.4) is 0 Å². The summed E-state index contributed by atoms with van der Waals surface area (Å²) < 4.78 is 0. The molecule has 2 N–H and O–H groups in total. The lowest BCUT2D eigenvalue weighted by Crippen LogP contribution is -2.61. The smallest absolute Gasteiger partial charge is 0.325 e. The Balaban J connectivity index is 2.81. The summed E-state index contributed by atoms with van der Waals surface area (Å²) in [5.41, 5.74) is -0.634. The van der Waals surface area contributed by atoms with Crippen molar-refractivity contribution in [2.24, 2.45) is 11.3 Å². The Labute approximate surface area is 111 Å². The van der Waals surface area contributed by atoms with Gasteiger partial charge in [-0.1, -0.05) is 20.8 Å². The van der Waals surface area contributed by atoms with Crippen LogP contribution in [-0.4, -0.2) is 48.2 Å². The molecule has 1 aliphatic rings. The molecule has 0 amide bonds. The molecule has 2 unspecified atom stereocenters. The molecule has 4 heteroatoms. The monoisotopic (exact) mass is 256 g/mol. The lowest BCUT2D eigenvalue weighted by Gasteiger charge is -2.40. The molecule has 18 heavy (non-hydrogen) atoms. The van der Waals surface area contributed by atoms with Crippen LogP contribution in [0, 0.1) is 11.3 Å². The van der Waals surface area contributed by atoms with E-state index in [4.69, 9.17) is 0 Å². The van der Waals surface area contributed by atoms with Crippen molar-refractivity contribution in [1.29, 1.82) is 0 Å². The zero-order chi connectivity index (χ0) is 14.1. The molecule has 0 aromatic carbocycles. The number of likely N-dealkylation sites (N-methyl/N-ethyl adjacent to an activating group) is 2. The summed E-state index contributed by atoms with van der Waals surface area (Å²) in [5, 5.41) is 12.7. The number of nitrogens with one attached hydrogen (secondary N) is 1. The molecule has 0 saturated heterocycles. The van der Waals surface area contributed by atoms with Crippen LogP contribution in [0.25, 0.3) is 0 Å². The van der Waals surface area contributed by atoms with Gasteiger partial charge in [0.25, 0.3) is 0 Å². The van der Waals surface area contributed by atoms with Crippen LogP contribution in [0.4, 0.5) is 0 Å². The zero-order valence-electron chi connectivity index (χ0n) is 12.6. The number of carbonyl (C=O) groups is 1. The fourth-order valence-electron chi connectivity index (χ4n) is 2.53. The number of aliphatic carboxylic acids is 1. The van der Waals surface area contributed by atoms with Crippen molar-refractivity contribution in [3.63, 3.8) is 0 Å². The minimum absolute atomic E-state index is 0.149. The van der Waals surface area contributed by atoms with E-state index in [0.717, 1.165) is 12.8 Å². The molecule has 1 fully saturated rings. The molecule has 0 aromatic heterocycles. The maximum Gasteiger partial charge on any atom is 0.325 e. The molecule has 1 saturated carbocycles. The van der Waals surface area contributed by atoms with E-state index >= 15 is 0 Å². The predicted molar refractivity (Wildman–Crippen MR) is 73.7 cm³/mol. The maximum absolute atomic E-state index is 11.7. The number of rotatable bonds is 6. The summed E-state index contributed by atoms with van der Waals surface area (Å²) in [6.07, 6.45) is 2.04. The van der Waals surface area contributed by atoms with E-state index in [1.54, 1.807) is 7.05 Å². The van der Waals surface area contributed by atoms with Gasteiger partial charge in [-0.05, 0) is 45.2 Å². The van der Waals surface area contributed by atoms with Gasteiger partial charge in [-0.2, -0.15) is 0 Å². The Bertz CT molecular complexity index is 307. The summed E-state index contributed by atoms with van der Waals surface area (Å²) in [6.45, 7) is 9.28. The molecular formula is C14H28N2O2. The van der Waals surface area contributed by atoms with Gasteiger partial charge in [-0.15, -0.1) is 0 Å². The molecule has 0 bridgehead atoms. The Morgan fingerprint density at radius 2 is 1.94 bits per heavy atom. The average molecular weight is 256 g/mol. The Hall–Kier alpha value is -0.610. The highest BCUT2D eigenvalue weighted by atomic mass is 16.4. The van der Waals surface area contributed by atoms with Crippen molar-refractivity contribution in [2.45, 2.75) is 52.1 Å². The first-order valence-electron chi connectivity index (χ1n) is 6.77. The third kappa shape index (κ3) is 3.04. The van der Waals surface area contributed by atoms with Gasteiger partial charge in [0, 0.05) is 12.6 Å². The number of carboxylic acid groups (broad SMARTS) is 1. The van der Waals surface area contributed by atoms with E-state index in [9.17, 15) is 9.90 Å². The molecule has 1 rings (SSSR count). The van der Waals surface area contributed by atoms with E-state index in [1.165, 1.54) is 0 Å². The standard InChI is InChI=1S/C14H28N2O2/c1-10(13(2,3)4)16(6)9-14(15-5,12(17)18)11-7-8-11/h10-11,15H,7-9H2,1-6H3,(H,17,18). The van der Waals surface area contributed by atoms with Crippen molar-refractivity contribution < 1.29 is 9.90 Å². The van der Waals surface area contributed by atoms with Gasteiger partial charge in [-0.25, -0.2) is 0 Å². The molecular weight excluding hydrogens is 228 g/mol. The van der Waals surface area contributed by atoms with Crippen molar-refractivity contribution in [1.82, 2.24) is 10.2 Å². The topological polar surface area (TPSA) is 52.6 Å². The third-order valence-electron chi connectivity index (χ3n) is 4.52. The summed E-state index contributed by atoms with van der Waals surface area (Å²) in [5.74, 6) is -0.449. The van der Waals surface area contributed by atoms with Crippen LogP contribution in [0.1, 0.15) is 40.5 Å². The van der Waals surface area contributed by atoms with Crippen LogP contribution < -0.4 is 5.32 Å². The van der Waals surface area contributed by atoms with E-state index in [1.807, 2.05) is 7.05 Å². The average Bonchev–Trinajstić information content (AvgIpc) is 3.06. The molecule has 106 valence electrons. The molecule has 0 radical (unpaired) electrons. The highest BCUT2D eigenvalue weighted by molar-refractivity contribution is 5.80. The number of hydrogen-bond acceptors (Lipinski definition) is 3. The van der Waals surface area contributed by atoms with Crippen molar-refractivity contribution in [3.05, 3.63) is 0 Å². The van der Waals surface area contributed by atoms with E-state index in [2.05, 4.69) is 37.9 Å². The molecule has 0 aliphatic heterocycles. The molecule has 2 atom stereocenters. The Morgan fingerprint density at radius 1 is 1.44 bits per heavy atom. The van der Waals surface area contributed by atoms with E-state index < -0.39 is 11.5 Å². The normalized spacial score (nSPS) is 21.7. The van der Waals surface area contributed by atoms with Gasteiger partial charge in [0.2, 0.25) is 0 Å². The second-order valence-electron chi connectivity index (χ2n) is 6.76. The van der Waals surface area contributed by atoms with Crippen molar-refractivity contribution in [2.75, 3.05) is 20.6 Å². The molecule has 4 nitrogen and oxygen atoms in total. The molecule has 0 heterocycles. The fourth-order valence-corrected chi connectivity index (χ4v) is 2.53. The van der Waals surface area contributed by atoms with Crippen molar-refractivity contribution in [3.8, 4) is 0 Å². The van der Waals surface area contributed by atoms with Crippen LogP contribution in [0.5, 0.6) is 0 Å². The second kappa shape index (κ2) is 5.17. The van der Waals surface area contributed by atoms with Gasteiger partial charge < -0.3 is 15.3 Å². The first kappa shape index (κ1) is 15.4. The first-order valence-corrected chi connectivity index (χ1v) is 6.77. The van der Waals surface area contributed by atoms with Crippen LogP contribution in [0.15, 0.2) is 0 Å². The van der Waals surface area contributed by atoms with Gasteiger partial charge in [-0.3, -0.25) is 4.79 Å². The van der Waals surface area contributed by atoms with Crippen LogP contribution >= 0.6 is 0 Å². The fraction of sp³-hybridized carbons (Fsp3) is 0.929. The van der Waals surface area contributed by atoms with E-state index in [0.29, 0.717) is 12.6 Å². The highest BCUT2D eigenvalue weighted by Gasteiger charge is 2.51. The third-order valence-corrected chi connectivity index (χ3v) is 4.52. The number of hydrogen-bond donors (Lipinski definition) is 2.